The van der Waals surface area contributed by atoms with Crippen LogP contribution in [-0.2, 0) is 27.2 Å². The van der Waals surface area contributed by atoms with Gasteiger partial charge < -0.3 is 10.6 Å². The van der Waals surface area contributed by atoms with Crippen molar-refractivity contribution in [1.82, 2.24) is 10.6 Å². The van der Waals surface area contributed by atoms with Crippen LogP contribution in [0.2, 0.25) is 0 Å². The van der Waals surface area contributed by atoms with Gasteiger partial charge in [0, 0.05) is 5.56 Å². The standard InChI is InChI=1S/C13H11ClF3NO2.C11H10F3NO.C2H2Cl2O.Al.3ClH/c14-6-11(19)8-2-1-7-3-4-10(9(7)5-8)18-12(20)13(15,16)17;12-11(13,14)10(16)15-9-6-5-7-3-1-2-4-8(7)9;3-1-2(4)5;;;;/h1-2,5,10H,3-4,6H2,(H,18,20);1-4,9H,5-6H2,(H,15,16);1H2;;3*1H/q;;;+3;;;/p-3/t10-;9-;;;;;/m11...../s1. The van der Waals surface area contributed by atoms with Gasteiger partial charge in [-0.05, 0) is 65.6 Å². The molecular weight excluding hydrogens is 758 g/mol. The van der Waals surface area contributed by atoms with Gasteiger partial charge in [-0.15, -0.1) is 23.2 Å². The molecule has 0 aromatic heterocycles. The van der Waals surface area contributed by atoms with E-state index >= 15 is 0 Å². The van der Waals surface area contributed by atoms with Crippen LogP contribution in [0.4, 0.5) is 26.3 Å². The molecular formula is C26H23AlCl6F6N2O4. The monoisotopic (exact) mass is 778 g/mol. The maximum absolute atomic E-state index is 12.3. The molecule has 0 saturated carbocycles. The highest BCUT2D eigenvalue weighted by molar-refractivity contribution is 7.54. The molecule has 0 spiro atoms. The number of hydrogen-bond acceptors (Lipinski definition) is 4. The predicted octanol–water partition coefficient (Wildman–Crippen LogP) is 7.80. The van der Waals surface area contributed by atoms with E-state index in [1.807, 2.05) is 22.8 Å². The minimum absolute atomic E-state index is 0.0957. The Labute approximate surface area is 286 Å². The summed E-state index contributed by atoms with van der Waals surface area (Å²) in [5, 5.41) is 3.45. The van der Waals surface area contributed by atoms with Crippen LogP contribution in [0.1, 0.15) is 57.5 Å². The number of Topliss-reactive ketones (excluding diaryl/α,β-unsaturated/α-hetero) is 1. The molecule has 2 atom stereocenters. The quantitative estimate of drug-likeness (QED) is 0.107. The number of benzene rings is 2. The number of carbonyl (C=O) groups excluding carboxylic acids is 4. The van der Waals surface area contributed by atoms with Gasteiger partial charge in [-0.2, -0.15) is 26.3 Å². The molecule has 0 saturated heterocycles. The zero-order chi connectivity index (χ0) is 34.5. The fourth-order valence-electron chi connectivity index (χ4n) is 4.19. The lowest BCUT2D eigenvalue weighted by Gasteiger charge is -2.16. The molecule has 0 radical (unpaired) electrons. The first-order chi connectivity index (χ1) is 20.8. The first-order valence-electron chi connectivity index (χ1n) is 12.5. The minimum Gasteiger partial charge on any atom is -0.341 e. The second-order valence-electron chi connectivity index (χ2n) is 9.03. The molecule has 2 aliphatic rings. The smallest absolute Gasteiger partial charge is 0.341 e. The molecule has 45 heavy (non-hydrogen) atoms. The van der Waals surface area contributed by atoms with E-state index in [-0.39, 0.29) is 17.5 Å². The Kier molecular flexibility index (Phi) is 17.9. The second kappa shape index (κ2) is 19.4. The van der Waals surface area contributed by atoms with Crippen molar-refractivity contribution >= 4 is 99.2 Å². The van der Waals surface area contributed by atoms with E-state index in [1.165, 1.54) is 6.07 Å². The van der Waals surface area contributed by atoms with Crippen LogP contribution in [-0.4, -0.2) is 58.3 Å². The van der Waals surface area contributed by atoms with Gasteiger partial charge in [-0.25, -0.2) is 30.1 Å². The number of ketones is 1. The third-order valence-electron chi connectivity index (χ3n) is 6.03. The van der Waals surface area contributed by atoms with Gasteiger partial charge in [-0.3, -0.25) is 19.2 Å². The van der Waals surface area contributed by atoms with Gasteiger partial charge in [0.15, 0.2) is 5.78 Å². The van der Waals surface area contributed by atoms with E-state index in [1.54, 1.807) is 24.3 Å². The number of amides is 2. The average Bonchev–Trinajstić information content (AvgIpc) is 3.55. The third-order valence-corrected chi connectivity index (χ3v) is 6.79. The molecule has 248 valence electrons. The van der Waals surface area contributed by atoms with Gasteiger partial charge >= 0.3 is 35.6 Å². The summed E-state index contributed by atoms with van der Waals surface area (Å²) in [7, 11) is 14.8. The normalized spacial score (nSPS) is 16.2. The summed E-state index contributed by atoms with van der Waals surface area (Å²) in [5.41, 5.74) is 3.53. The van der Waals surface area contributed by atoms with E-state index in [0.717, 1.165) is 16.7 Å². The van der Waals surface area contributed by atoms with Crippen LogP contribution >= 0.6 is 65.0 Å². The summed E-state index contributed by atoms with van der Waals surface area (Å²) in [4.78, 5) is 42.7. The van der Waals surface area contributed by atoms with Crippen LogP contribution in [0.25, 0.3) is 0 Å². The topological polar surface area (TPSA) is 92.3 Å². The molecule has 6 nitrogen and oxygen atoms in total. The first kappa shape index (κ1) is 41.6. The number of nitrogens with one attached hydrogen (secondary N) is 2. The zero-order valence-corrected chi connectivity index (χ0v) is 28.4. The molecule has 19 heteroatoms. The Balaban J connectivity index is 0.000000360. The highest BCUT2D eigenvalue weighted by Crippen LogP contribution is 2.33. The number of fused-ring (bicyclic) bond motifs is 2. The fourth-order valence-corrected chi connectivity index (χ4v) is 4.34. The van der Waals surface area contributed by atoms with Crippen molar-refractivity contribution in [3.05, 3.63) is 70.3 Å². The molecule has 2 amide bonds. The maximum atomic E-state index is 12.3. The molecule has 0 unspecified atom stereocenters. The lowest BCUT2D eigenvalue weighted by molar-refractivity contribution is -0.174. The van der Waals surface area contributed by atoms with E-state index in [9.17, 15) is 45.5 Å². The predicted molar refractivity (Wildman–Crippen MR) is 163 cm³/mol. The van der Waals surface area contributed by atoms with Crippen molar-refractivity contribution in [2.24, 2.45) is 0 Å². The van der Waals surface area contributed by atoms with Gasteiger partial charge in [-0.1, -0.05) is 36.4 Å². The molecule has 0 heterocycles. The first-order valence-corrected chi connectivity index (χ1v) is 19.2. The van der Waals surface area contributed by atoms with Crippen molar-refractivity contribution in [3.8, 4) is 0 Å². The van der Waals surface area contributed by atoms with Crippen LogP contribution in [0, 0.1) is 0 Å². The molecule has 2 aromatic carbocycles. The van der Waals surface area contributed by atoms with E-state index in [2.05, 4.69) is 0 Å². The van der Waals surface area contributed by atoms with E-state index in [4.69, 9.17) is 65.0 Å². The summed E-state index contributed by atoms with van der Waals surface area (Å²) in [6, 6.07) is 10.8. The highest BCUT2D eigenvalue weighted by Gasteiger charge is 2.41. The van der Waals surface area contributed by atoms with Gasteiger partial charge in [0.25, 0.3) is 0 Å². The number of aryl methyl sites for hydroxylation is 2. The second-order valence-corrected chi connectivity index (χ2v) is 16.4. The highest BCUT2D eigenvalue weighted by atomic mass is 35.8. The van der Waals surface area contributed by atoms with E-state index < -0.39 is 52.9 Å². The van der Waals surface area contributed by atoms with Crippen molar-refractivity contribution in [1.29, 1.82) is 0 Å². The molecule has 0 aliphatic heterocycles. The Hall–Kier alpha value is -1.43. The van der Waals surface area contributed by atoms with E-state index in [0.29, 0.717) is 36.8 Å². The lowest BCUT2D eigenvalue weighted by Crippen LogP contribution is -2.38. The SMILES string of the molecule is O=C(CCl)c1ccc2c(c1)[C@H](NC(=O)C(F)(F)F)CC2.O=C(Cl)CCl.O=C(N[C@@H]1CCc2ccccc21)C(F)(F)F.[Cl][Al]([Cl])[Cl]. The zero-order valence-electron chi connectivity index (χ0n) is 22.7. The van der Waals surface area contributed by atoms with Gasteiger partial charge in [0.2, 0.25) is 5.24 Å². The maximum Gasteiger partial charge on any atom is 0.643 e. The molecule has 2 N–H and O–H groups in total. The van der Waals surface area contributed by atoms with Crippen molar-refractivity contribution in [2.45, 2.75) is 50.1 Å². The van der Waals surface area contributed by atoms with Crippen LogP contribution < -0.4 is 10.6 Å². The largest absolute Gasteiger partial charge is 0.643 e. The van der Waals surface area contributed by atoms with Gasteiger partial charge in [0.05, 0.1) is 23.8 Å². The number of hydrogen-bond donors (Lipinski definition) is 2. The van der Waals surface area contributed by atoms with Crippen LogP contribution in [0.3, 0.4) is 0 Å². The summed E-state index contributed by atoms with van der Waals surface area (Å²) in [5.74, 6) is -4.43. The molecule has 4 rings (SSSR count). The molecule has 2 aromatic rings. The third kappa shape index (κ3) is 14.9. The Bertz CT molecular complexity index is 1330. The summed E-state index contributed by atoms with van der Waals surface area (Å²) in [6.07, 6.45) is -7.53. The van der Waals surface area contributed by atoms with Crippen LogP contribution in [0.15, 0.2) is 42.5 Å². The Morgan fingerprint density at radius 2 is 1.16 bits per heavy atom. The molecule has 0 bridgehead atoms. The Morgan fingerprint density at radius 1 is 0.733 bits per heavy atom. The van der Waals surface area contributed by atoms with Crippen LogP contribution in [0.5, 0.6) is 0 Å². The lowest BCUT2D eigenvalue weighted by atomic mass is 10.0. The van der Waals surface area contributed by atoms with Crippen molar-refractivity contribution < 1.29 is 45.5 Å². The summed E-state index contributed by atoms with van der Waals surface area (Å²) >= 11 is 13.3. The van der Waals surface area contributed by atoms with Gasteiger partial charge in [0.1, 0.15) is 0 Å². The number of rotatable bonds is 5. The minimum atomic E-state index is -4.91. The fraction of sp³-hybridized carbons (Fsp3) is 0.385. The van der Waals surface area contributed by atoms with Crippen molar-refractivity contribution in [2.75, 3.05) is 11.8 Å². The number of carbonyl (C=O) groups is 4. The summed E-state index contributed by atoms with van der Waals surface area (Å²) in [6.45, 7) is 0. The Morgan fingerprint density at radius 3 is 1.58 bits per heavy atom. The van der Waals surface area contributed by atoms with Crippen molar-refractivity contribution in [3.63, 3.8) is 0 Å². The molecule has 0 fully saturated rings. The number of halogens is 12. The average molecular weight is 781 g/mol. The molecule has 2 aliphatic carbocycles. The summed E-state index contributed by atoms with van der Waals surface area (Å²) < 4.78 is 73.0. The number of alkyl halides is 8.